The Hall–Kier alpha value is -1.22. The number of halogens is 2. The summed E-state index contributed by atoms with van der Waals surface area (Å²) in [6, 6.07) is 11.7. The van der Waals surface area contributed by atoms with Crippen molar-refractivity contribution in [3.8, 4) is 11.5 Å². The molecular formula is C17H19Cl2NO. The van der Waals surface area contributed by atoms with E-state index in [-0.39, 0.29) is 0 Å². The first kappa shape index (κ1) is 16.2. The van der Waals surface area contributed by atoms with Gasteiger partial charge in [0.25, 0.3) is 0 Å². The second kappa shape index (κ2) is 7.17. The molecule has 112 valence electrons. The van der Waals surface area contributed by atoms with Crippen molar-refractivity contribution in [2.24, 2.45) is 0 Å². The van der Waals surface area contributed by atoms with Gasteiger partial charge in [-0.2, -0.15) is 0 Å². The first-order valence-electron chi connectivity index (χ1n) is 6.91. The van der Waals surface area contributed by atoms with E-state index in [0.717, 1.165) is 29.2 Å². The molecule has 0 saturated heterocycles. The zero-order chi connectivity index (χ0) is 15.4. The lowest BCUT2D eigenvalue weighted by molar-refractivity contribution is 0.478. The van der Waals surface area contributed by atoms with Crippen molar-refractivity contribution in [2.75, 3.05) is 0 Å². The summed E-state index contributed by atoms with van der Waals surface area (Å²) in [6.07, 6.45) is 0. The molecule has 1 N–H and O–H groups in total. The van der Waals surface area contributed by atoms with Crippen LogP contribution in [-0.2, 0) is 6.54 Å². The van der Waals surface area contributed by atoms with E-state index < -0.39 is 0 Å². The molecule has 0 bridgehead atoms. The predicted molar refractivity (Wildman–Crippen MR) is 89.7 cm³/mol. The number of hydrogen-bond donors (Lipinski definition) is 1. The Kier molecular flexibility index (Phi) is 5.51. The van der Waals surface area contributed by atoms with Crippen molar-refractivity contribution in [1.29, 1.82) is 0 Å². The van der Waals surface area contributed by atoms with Gasteiger partial charge in [0.05, 0.1) is 0 Å². The molecule has 2 aromatic rings. The van der Waals surface area contributed by atoms with Crippen LogP contribution in [0.4, 0.5) is 0 Å². The number of benzene rings is 2. The number of hydrogen-bond acceptors (Lipinski definition) is 2. The van der Waals surface area contributed by atoms with Crippen molar-refractivity contribution in [2.45, 2.75) is 33.4 Å². The Balaban J connectivity index is 2.12. The summed E-state index contributed by atoms with van der Waals surface area (Å²) in [7, 11) is 0. The van der Waals surface area contributed by atoms with E-state index in [1.807, 2.05) is 43.3 Å². The van der Waals surface area contributed by atoms with Crippen LogP contribution in [0.15, 0.2) is 36.4 Å². The molecule has 0 atom stereocenters. The van der Waals surface area contributed by atoms with E-state index in [9.17, 15) is 0 Å². The highest BCUT2D eigenvalue weighted by Crippen LogP contribution is 2.30. The van der Waals surface area contributed by atoms with E-state index in [0.29, 0.717) is 16.1 Å². The number of rotatable bonds is 5. The molecule has 2 rings (SSSR count). The third-order valence-electron chi connectivity index (χ3n) is 3.09. The first-order chi connectivity index (χ1) is 9.95. The van der Waals surface area contributed by atoms with Gasteiger partial charge in [0.2, 0.25) is 0 Å². The number of aryl methyl sites for hydroxylation is 1. The van der Waals surface area contributed by atoms with Crippen LogP contribution < -0.4 is 10.1 Å². The molecule has 0 aliphatic rings. The summed E-state index contributed by atoms with van der Waals surface area (Å²) in [5.74, 6) is 1.50. The van der Waals surface area contributed by atoms with Crippen molar-refractivity contribution in [1.82, 2.24) is 5.32 Å². The van der Waals surface area contributed by atoms with Gasteiger partial charge >= 0.3 is 0 Å². The maximum Gasteiger partial charge on any atom is 0.130 e. The minimum Gasteiger partial charge on any atom is -0.457 e. The van der Waals surface area contributed by atoms with Crippen molar-refractivity contribution in [3.05, 3.63) is 57.6 Å². The van der Waals surface area contributed by atoms with Gasteiger partial charge in [-0.05, 0) is 48.4 Å². The number of ether oxygens (including phenoxy) is 1. The molecule has 0 aromatic heterocycles. The van der Waals surface area contributed by atoms with Crippen LogP contribution in [0, 0.1) is 6.92 Å². The van der Waals surface area contributed by atoms with Gasteiger partial charge in [-0.1, -0.05) is 43.1 Å². The zero-order valence-electron chi connectivity index (χ0n) is 12.4. The Morgan fingerprint density at radius 3 is 2.48 bits per heavy atom. The second-order valence-electron chi connectivity index (χ2n) is 5.30. The Labute approximate surface area is 136 Å². The highest BCUT2D eigenvalue weighted by atomic mass is 35.5. The average molecular weight is 324 g/mol. The van der Waals surface area contributed by atoms with E-state index in [4.69, 9.17) is 27.9 Å². The lowest BCUT2D eigenvalue weighted by Gasteiger charge is -2.12. The Morgan fingerprint density at radius 1 is 1.10 bits per heavy atom. The van der Waals surface area contributed by atoms with Gasteiger partial charge < -0.3 is 10.1 Å². The highest BCUT2D eigenvalue weighted by molar-refractivity contribution is 6.31. The summed E-state index contributed by atoms with van der Waals surface area (Å²) in [5.41, 5.74) is 2.05. The molecule has 0 saturated carbocycles. The van der Waals surface area contributed by atoms with Crippen LogP contribution >= 0.6 is 23.2 Å². The second-order valence-corrected chi connectivity index (χ2v) is 6.14. The Bertz CT molecular complexity index is 626. The quantitative estimate of drug-likeness (QED) is 0.774. The van der Waals surface area contributed by atoms with Crippen LogP contribution in [0.25, 0.3) is 0 Å². The first-order valence-corrected chi connectivity index (χ1v) is 7.67. The minimum absolute atomic E-state index is 0.425. The van der Waals surface area contributed by atoms with Crippen LogP contribution in [0.2, 0.25) is 10.0 Å². The van der Waals surface area contributed by atoms with Gasteiger partial charge in [0, 0.05) is 22.6 Å². The molecule has 2 nitrogen and oxygen atoms in total. The summed E-state index contributed by atoms with van der Waals surface area (Å²) < 4.78 is 5.86. The molecule has 0 unspecified atom stereocenters. The smallest absolute Gasteiger partial charge is 0.130 e. The highest BCUT2D eigenvalue weighted by Gasteiger charge is 2.06. The normalized spacial score (nSPS) is 11.0. The number of nitrogens with one attached hydrogen (secondary N) is 1. The summed E-state index contributed by atoms with van der Waals surface area (Å²) in [4.78, 5) is 0. The van der Waals surface area contributed by atoms with Gasteiger partial charge in [0.15, 0.2) is 0 Å². The molecule has 0 spiro atoms. The molecule has 0 heterocycles. The van der Waals surface area contributed by atoms with Gasteiger partial charge in [0.1, 0.15) is 11.5 Å². The summed E-state index contributed by atoms with van der Waals surface area (Å²) in [6.45, 7) is 6.92. The van der Waals surface area contributed by atoms with Crippen LogP contribution in [0.5, 0.6) is 11.5 Å². The summed E-state index contributed by atoms with van der Waals surface area (Å²) in [5, 5.41) is 4.75. The fourth-order valence-corrected chi connectivity index (χ4v) is 2.37. The predicted octanol–water partition coefficient (Wildman–Crippen LogP) is 5.59. The van der Waals surface area contributed by atoms with Crippen molar-refractivity contribution >= 4 is 23.2 Å². The van der Waals surface area contributed by atoms with Crippen molar-refractivity contribution < 1.29 is 4.74 Å². The minimum atomic E-state index is 0.425. The maximum atomic E-state index is 6.30. The molecule has 2 aromatic carbocycles. The van der Waals surface area contributed by atoms with Crippen molar-refractivity contribution in [3.63, 3.8) is 0 Å². The Morgan fingerprint density at radius 2 is 1.86 bits per heavy atom. The molecule has 0 fully saturated rings. The third kappa shape index (κ3) is 4.63. The van der Waals surface area contributed by atoms with E-state index >= 15 is 0 Å². The van der Waals surface area contributed by atoms with Gasteiger partial charge in [-0.25, -0.2) is 0 Å². The fraction of sp³-hybridized carbons (Fsp3) is 0.294. The van der Waals surface area contributed by atoms with Gasteiger partial charge in [-0.3, -0.25) is 0 Å². The molecule has 4 heteroatoms. The molecule has 0 aliphatic carbocycles. The van der Waals surface area contributed by atoms with Crippen LogP contribution in [0.3, 0.4) is 0 Å². The fourth-order valence-electron chi connectivity index (χ4n) is 1.90. The largest absolute Gasteiger partial charge is 0.457 e. The van der Waals surface area contributed by atoms with Crippen LogP contribution in [-0.4, -0.2) is 6.04 Å². The third-order valence-corrected chi connectivity index (χ3v) is 3.68. The monoisotopic (exact) mass is 323 g/mol. The molecule has 0 aliphatic heterocycles. The molecule has 0 radical (unpaired) electrons. The average Bonchev–Trinajstić information content (AvgIpc) is 2.41. The lowest BCUT2D eigenvalue weighted by Crippen LogP contribution is -2.21. The maximum absolute atomic E-state index is 6.30. The molecular weight excluding hydrogens is 305 g/mol. The molecule has 0 amide bonds. The van der Waals surface area contributed by atoms with E-state index in [1.54, 1.807) is 0 Å². The standard InChI is InChI=1S/C17H19Cl2NO/c1-11(2)20-10-13-4-6-15(9-16(13)19)21-17-7-5-14(18)8-12(17)3/h4-9,11,20H,10H2,1-3H3. The topological polar surface area (TPSA) is 21.3 Å². The van der Waals surface area contributed by atoms with Gasteiger partial charge in [-0.15, -0.1) is 0 Å². The SMILES string of the molecule is Cc1cc(Cl)ccc1Oc1ccc(CNC(C)C)c(Cl)c1. The lowest BCUT2D eigenvalue weighted by atomic mass is 10.2. The van der Waals surface area contributed by atoms with E-state index in [1.165, 1.54) is 0 Å². The summed E-state index contributed by atoms with van der Waals surface area (Å²) >= 11 is 12.2. The molecule has 21 heavy (non-hydrogen) atoms. The van der Waals surface area contributed by atoms with Crippen LogP contribution in [0.1, 0.15) is 25.0 Å². The van der Waals surface area contributed by atoms with E-state index in [2.05, 4.69) is 19.2 Å². The zero-order valence-corrected chi connectivity index (χ0v) is 13.9.